The van der Waals surface area contributed by atoms with Crippen molar-refractivity contribution in [3.05, 3.63) is 46.2 Å². The van der Waals surface area contributed by atoms with Gasteiger partial charge in [-0.2, -0.15) is 0 Å². The molecule has 3 N–H and O–H groups in total. The number of rotatable bonds is 1. The lowest BCUT2D eigenvalue weighted by atomic mass is 10.1. The Bertz CT molecular complexity index is 741. The second kappa shape index (κ2) is 4.35. The molecule has 1 heterocycles. The fourth-order valence-electron chi connectivity index (χ4n) is 1.93. The third-order valence-corrected chi connectivity index (χ3v) is 3.68. The number of nitrogen functional groups attached to an aromatic ring is 1. The van der Waals surface area contributed by atoms with Gasteiger partial charge in [-0.25, -0.2) is 9.37 Å². The molecule has 0 unspecified atom stereocenters. The molecular weight excluding hydrogens is 309 g/mol. The van der Waals surface area contributed by atoms with E-state index in [1.54, 1.807) is 6.07 Å². The summed E-state index contributed by atoms with van der Waals surface area (Å²) >= 11 is 3.15. The molecule has 3 aromatic rings. The third-order valence-electron chi connectivity index (χ3n) is 3.08. The highest BCUT2D eigenvalue weighted by molar-refractivity contribution is 9.10. The Morgan fingerprint density at radius 1 is 1.26 bits per heavy atom. The lowest BCUT2D eigenvalue weighted by Crippen LogP contribution is -1.90. The molecule has 0 saturated carbocycles. The summed E-state index contributed by atoms with van der Waals surface area (Å²) < 4.78 is 13.9. The number of aryl methyl sites for hydroxylation is 1. The van der Waals surface area contributed by atoms with Crippen molar-refractivity contribution in [2.24, 2.45) is 0 Å². The maximum atomic E-state index is 13.5. The molecule has 3 nitrogen and oxygen atoms in total. The van der Waals surface area contributed by atoms with Crippen molar-refractivity contribution >= 4 is 32.7 Å². The zero-order chi connectivity index (χ0) is 13.6. The molecule has 1 aromatic heterocycles. The van der Waals surface area contributed by atoms with Gasteiger partial charge in [0, 0.05) is 17.3 Å². The zero-order valence-electron chi connectivity index (χ0n) is 10.2. The summed E-state index contributed by atoms with van der Waals surface area (Å²) in [6.45, 7) is 1.95. The van der Waals surface area contributed by atoms with E-state index in [-0.39, 0.29) is 5.82 Å². The van der Waals surface area contributed by atoms with E-state index in [0.29, 0.717) is 27.0 Å². The van der Waals surface area contributed by atoms with Gasteiger partial charge in [-0.15, -0.1) is 0 Å². The normalized spacial score (nSPS) is 11.1. The van der Waals surface area contributed by atoms with Crippen molar-refractivity contribution in [2.45, 2.75) is 6.92 Å². The van der Waals surface area contributed by atoms with Crippen LogP contribution in [0.4, 0.5) is 10.1 Å². The molecule has 3 rings (SSSR count). The van der Waals surface area contributed by atoms with Gasteiger partial charge < -0.3 is 10.7 Å². The number of hydrogen-bond donors (Lipinski definition) is 2. The van der Waals surface area contributed by atoms with E-state index in [1.807, 2.05) is 25.1 Å². The SMILES string of the molecule is Cc1ccc(-c2nc3cc(Br)c(F)cc3[nH]2)cc1N. The maximum Gasteiger partial charge on any atom is 0.139 e. The number of nitrogens with one attached hydrogen (secondary N) is 1. The second-order valence-electron chi connectivity index (χ2n) is 4.44. The molecule has 0 bridgehead atoms. The Balaban J connectivity index is 2.17. The fraction of sp³-hybridized carbons (Fsp3) is 0.0714. The molecule has 0 aliphatic carbocycles. The molecular formula is C14H11BrFN3. The van der Waals surface area contributed by atoms with E-state index >= 15 is 0 Å². The standard InChI is InChI=1S/C14H11BrFN3/c1-7-2-3-8(4-11(7)17)14-18-12-5-9(15)10(16)6-13(12)19-14/h2-6H,17H2,1H3,(H,18,19). The first-order chi connectivity index (χ1) is 9.04. The molecule has 0 amide bonds. The predicted molar refractivity (Wildman–Crippen MR) is 78.3 cm³/mol. The number of fused-ring (bicyclic) bond motifs is 1. The number of aromatic nitrogens is 2. The van der Waals surface area contributed by atoms with E-state index in [9.17, 15) is 4.39 Å². The molecule has 0 saturated heterocycles. The van der Waals surface area contributed by atoms with Crippen LogP contribution in [0.25, 0.3) is 22.4 Å². The van der Waals surface area contributed by atoms with Crippen molar-refractivity contribution < 1.29 is 4.39 Å². The highest BCUT2D eigenvalue weighted by Crippen LogP contribution is 2.26. The van der Waals surface area contributed by atoms with E-state index < -0.39 is 0 Å². The van der Waals surface area contributed by atoms with Crippen molar-refractivity contribution in [1.29, 1.82) is 0 Å². The van der Waals surface area contributed by atoms with Gasteiger partial charge in [-0.3, -0.25) is 0 Å². The Kier molecular flexibility index (Phi) is 2.78. The number of imidazole rings is 1. The monoisotopic (exact) mass is 319 g/mol. The topological polar surface area (TPSA) is 54.7 Å². The average Bonchev–Trinajstić information content (AvgIpc) is 2.76. The first-order valence-corrected chi connectivity index (χ1v) is 6.55. The summed E-state index contributed by atoms with van der Waals surface area (Å²) in [7, 11) is 0. The molecule has 19 heavy (non-hydrogen) atoms. The molecule has 0 radical (unpaired) electrons. The summed E-state index contributed by atoms with van der Waals surface area (Å²) in [6.07, 6.45) is 0. The summed E-state index contributed by atoms with van der Waals surface area (Å²) in [4.78, 5) is 7.55. The minimum atomic E-state index is -0.314. The lowest BCUT2D eigenvalue weighted by molar-refractivity contribution is 0.623. The molecule has 0 aliphatic heterocycles. The van der Waals surface area contributed by atoms with Gasteiger partial charge in [0.05, 0.1) is 15.5 Å². The van der Waals surface area contributed by atoms with Gasteiger partial charge in [0.15, 0.2) is 0 Å². The van der Waals surface area contributed by atoms with E-state index in [1.165, 1.54) is 6.07 Å². The van der Waals surface area contributed by atoms with Crippen molar-refractivity contribution in [3.8, 4) is 11.4 Å². The Labute approximate surface area is 117 Å². The second-order valence-corrected chi connectivity index (χ2v) is 5.29. The predicted octanol–water partition coefficient (Wildman–Crippen LogP) is 4.02. The number of nitrogens with zero attached hydrogens (tertiary/aromatic N) is 1. The molecule has 5 heteroatoms. The van der Waals surface area contributed by atoms with Crippen LogP contribution in [-0.4, -0.2) is 9.97 Å². The van der Waals surface area contributed by atoms with Crippen LogP contribution in [0.2, 0.25) is 0 Å². The first kappa shape index (κ1) is 12.2. The third kappa shape index (κ3) is 2.10. The minimum absolute atomic E-state index is 0.314. The molecule has 0 fully saturated rings. The first-order valence-electron chi connectivity index (χ1n) is 5.76. The van der Waals surface area contributed by atoms with E-state index in [2.05, 4.69) is 25.9 Å². The average molecular weight is 320 g/mol. The molecule has 0 aliphatic rings. The summed E-state index contributed by atoms with van der Waals surface area (Å²) in [5.41, 5.74) is 9.88. The van der Waals surface area contributed by atoms with Crippen molar-refractivity contribution in [3.63, 3.8) is 0 Å². The van der Waals surface area contributed by atoms with Gasteiger partial charge in [0.1, 0.15) is 11.6 Å². The number of nitrogens with two attached hydrogens (primary N) is 1. The Morgan fingerprint density at radius 2 is 2.05 bits per heavy atom. The van der Waals surface area contributed by atoms with Gasteiger partial charge in [0.2, 0.25) is 0 Å². The highest BCUT2D eigenvalue weighted by atomic mass is 79.9. The Hall–Kier alpha value is -1.88. The van der Waals surface area contributed by atoms with Crippen LogP contribution in [0.15, 0.2) is 34.8 Å². The number of benzene rings is 2. The van der Waals surface area contributed by atoms with E-state index in [0.717, 1.165) is 11.1 Å². The number of aromatic amines is 1. The fourth-order valence-corrected chi connectivity index (χ4v) is 2.26. The summed E-state index contributed by atoms with van der Waals surface area (Å²) in [5, 5.41) is 0. The van der Waals surface area contributed by atoms with Crippen LogP contribution >= 0.6 is 15.9 Å². The molecule has 0 atom stereocenters. The van der Waals surface area contributed by atoms with Crippen LogP contribution in [0.5, 0.6) is 0 Å². The minimum Gasteiger partial charge on any atom is -0.398 e. The van der Waals surface area contributed by atoms with Crippen LogP contribution in [0.3, 0.4) is 0 Å². The lowest BCUT2D eigenvalue weighted by Gasteiger charge is -2.01. The molecule has 0 spiro atoms. The maximum absolute atomic E-state index is 13.5. The van der Waals surface area contributed by atoms with Gasteiger partial charge in [-0.1, -0.05) is 12.1 Å². The van der Waals surface area contributed by atoms with Gasteiger partial charge in [0.25, 0.3) is 0 Å². The number of H-pyrrole nitrogens is 1. The van der Waals surface area contributed by atoms with Crippen molar-refractivity contribution in [2.75, 3.05) is 5.73 Å². The highest BCUT2D eigenvalue weighted by Gasteiger charge is 2.09. The number of hydrogen-bond acceptors (Lipinski definition) is 2. The summed E-state index contributed by atoms with van der Waals surface area (Å²) in [6, 6.07) is 8.82. The van der Waals surface area contributed by atoms with Gasteiger partial charge in [-0.05, 0) is 40.5 Å². The van der Waals surface area contributed by atoms with Crippen molar-refractivity contribution in [1.82, 2.24) is 9.97 Å². The summed E-state index contributed by atoms with van der Waals surface area (Å²) in [5.74, 6) is 0.366. The molecule has 96 valence electrons. The molecule has 2 aromatic carbocycles. The van der Waals surface area contributed by atoms with Crippen LogP contribution in [0.1, 0.15) is 5.56 Å². The largest absolute Gasteiger partial charge is 0.398 e. The van der Waals surface area contributed by atoms with Crippen LogP contribution < -0.4 is 5.73 Å². The van der Waals surface area contributed by atoms with E-state index in [4.69, 9.17) is 5.73 Å². The number of anilines is 1. The quantitative estimate of drug-likeness (QED) is 0.665. The smallest absolute Gasteiger partial charge is 0.139 e. The number of halogens is 2. The van der Waals surface area contributed by atoms with Gasteiger partial charge >= 0.3 is 0 Å². The van der Waals surface area contributed by atoms with Crippen LogP contribution in [0, 0.1) is 12.7 Å². The Morgan fingerprint density at radius 3 is 2.79 bits per heavy atom. The zero-order valence-corrected chi connectivity index (χ0v) is 11.8. The van der Waals surface area contributed by atoms with Crippen LogP contribution in [-0.2, 0) is 0 Å².